The SMILES string of the molecule is O=C1CC(CS(=O)(=O)Cl)CN1c1c(F)cc(F)cc1Br. The van der Waals surface area contributed by atoms with Crippen LogP contribution >= 0.6 is 26.6 Å². The Morgan fingerprint density at radius 2 is 2.05 bits per heavy atom. The summed E-state index contributed by atoms with van der Waals surface area (Å²) in [5.74, 6) is -2.97. The molecule has 0 aliphatic carbocycles. The molecule has 1 heterocycles. The molecule has 0 aromatic heterocycles. The first kappa shape index (κ1) is 15.7. The van der Waals surface area contributed by atoms with Gasteiger partial charge in [0.15, 0.2) is 5.82 Å². The number of hydrogen-bond acceptors (Lipinski definition) is 3. The number of hydrogen-bond donors (Lipinski definition) is 0. The average Bonchev–Trinajstić information content (AvgIpc) is 2.55. The lowest BCUT2D eigenvalue weighted by Gasteiger charge is -2.19. The van der Waals surface area contributed by atoms with E-state index in [1.54, 1.807) is 0 Å². The number of carbonyl (C=O) groups is 1. The summed E-state index contributed by atoms with van der Waals surface area (Å²) in [6, 6.07) is 1.70. The van der Waals surface area contributed by atoms with Crippen LogP contribution in [0.5, 0.6) is 0 Å². The van der Waals surface area contributed by atoms with Crippen molar-refractivity contribution in [3.63, 3.8) is 0 Å². The van der Waals surface area contributed by atoms with E-state index < -0.39 is 32.5 Å². The molecule has 0 radical (unpaired) electrons. The van der Waals surface area contributed by atoms with E-state index in [9.17, 15) is 22.0 Å². The van der Waals surface area contributed by atoms with E-state index >= 15 is 0 Å². The van der Waals surface area contributed by atoms with Crippen LogP contribution in [0.15, 0.2) is 16.6 Å². The number of amides is 1. The summed E-state index contributed by atoms with van der Waals surface area (Å²) in [6.45, 7) is 0.0198. The number of anilines is 1. The van der Waals surface area contributed by atoms with Gasteiger partial charge in [-0.1, -0.05) is 0 Å². The lowest BCUT2D eigenvalue weighted by molar-refractivity contribution is -0.117. The van der Waals surface area contributed by atoms with Gasteiger partial charge in [0.2, 0.25) is 15.0 Å². The van der Waals surface area contributed by atoms with Gasteiger partial charge in [0.25, 0.3) is 0 Å². The van der Waals surface area contributed by atoms with E-state index in [4.69, 9.17) is 10.7 Å². The second kappa shape index (κ2) is 5.57. The second-order valence-corrected chi connectivity index (χ2v) is 8.17. The lowest BCUT2D eigenvalue weighted by Crippen LogP contribution is -2.26. The Morgan fingerprint density at radius 3 is 2.60 bits per heavy atom. The van der Waals surface area contributed by atoms with Gasteiger partial charge in [0.1, 0.15) is 5.82 Å². The maximum Gasteiger partial charge on any atom is 0.232 e. The largest absolute Gasteiger partial charge is 0.308 e. The molecule has 1 aliphatic heterocycles. The first-order chi connectivity index (χ1) is 9.17. The third-order valence-electron chi connectivity index (χ3n) is 2.89. The van der Waals surface area contributed by atoms with Crippen LogP contribution in [-0.2, 0) is 13.8 Å². The highest BCUT2D eigenvalue weighted by atomic mass is 79.9. The summed E-state index contributed by atoms with van der Waals surface area (Å²) in [5, 5.41) is 0. The normalized spacial score (nSPS) is 19.7. The molecule has 1 aromatic rings. The second-order valence-electron chi connectivity index (χ2n) is 4.50. The molecule has 110 valence electrons. The zero-order valence-corrected chi connectivity index (χ0v) is 13.1. The fraction of sp³-hybridized carbons (Fsp3) is 0.364. The maximum absolute atomic E-state index is 13.8. The first-order valence-corrected chi connectivity index (χ1v) is 8.82. The molecule has 1 aromatic carbocycles. The van der Waals surface area contributed by atoms with E-state index in [-0.39, 0.29) is 28.9 Å². The van der Waals surface area contributed by atoms with Crippen LogP contribution in [0.25, 0.3) is 0 Å². The summed E-state index contributed by atoms with van der Waals surface area (Å²) < 4.78 is 48.9. The molecule has 1 atom stereocenters. The van der Waals surface area contributed by atoms with Crippen molar-refractivity contribution in [2.24, 2.45) is 5.92 Å². The maximum atomic E-state index is 13.8. The Balaban J connectivity index is 2.29. The molecule has 20 heavy (non-hydrogen) atoms. The third-order valence-corrected chi connectivity index (χ3v) is 4.74. The van der Waals surface area contributed by atoms with Crippen molar-refractivity contribution in [2.45, 2.75) is 6.42 Å². The number of benzene rings is 1. The summed E-state index contributed by atoms with van der Waals surface area (Å²) in [6.07, 6.45) is -0.0464. The zero-order valence-electron chi connectivity index (χ0n) is 9.95. The summed E-state index contributed by atoms with van der Waals surface area (Å²) in [7, 11) is 1.41. The van der Waals surface area contributed by atoms with Crippen LogP contribution < -0.4 is 4.90 Å². The molecule has 4 nitrogen and oxygen atoms in total. The number of rotatable bonds is 3. The van der Waals surface area contributed by atoms with Gasteiger partial charge in [-0.2, -0.15) is 0 Å². The highest BCUT2D eigenvalue weighted by Gasteiger charge is 2.35. The van der Waals surface area contributed by atoms with Gasteiger partial charge in [-0.15, -0.1) is 0 Å². The predicted molar refractivity (Wildman–Crippen MR) is 74.2 cm³/mol. The van der Waals surface area contributed by atoms with Gasteiger partial charge >= 0.3 is 0 Å². The van der Waals surface area contributed by atoms with Gasteiger partial charge in [0.05, 0.1) is 11.4 Å². The lowest BCUT2D eigenvalue weighted by atomic mass is 10.1. The van der Waals surface area contributed by atoms with Crippen LogP contribution in [0, 0.1) is 17.6 Å². The topological polar surface area (TPSA) is 54.5 Å². The smallest absolute Gasteiger partial charge is 0.232 e. The Hall–Kier alpha value is -0.730. The van der Waals surface area contributed by atoms with Crippen molar-refractivity contribution >= 4 is 47.3 Å². The predicted octanol–water partition coefficient (Wildman–Crippen LogP) is 2.65. The van der Waals surface area contributed by atoms with Gasteiger partial charge in [-0.25, -0.2) is 17.2 Å². The Kier molecular flexibility index (Phi) is 4.36. The van der Waals surface area contributed by atoms with Crippen molar-refractivity contribution in [3.8, 4) is 0 Å². The zero-order chi connectivity index (χ0) is 15.1. The third kappa shape index (κ3) is 3.48. The van der Waals surface area contributed by atoms with Gasteiger partial charge in [-0.05, 0) is 22.0 Å². The van der Waals surface area contributed by atoms with Crippen molar-refractivity contribution in [2.75, 3.05) is 17.2 Å². The van der Waals surface area contributed by atoms with Gasteiger partial charge in [-0.3, -0.25) is 4.79 Å². The number of nitrogens with zero attached hydrogens (tertiary/aromatic N) is 1. The van der Waals surface area contributed by atoms with Crippen molar-refractivity contribution in [1.82, 2.24) is 0 Å². The minimum atomic E-state index is -3.74. The molecule has 0 N–H and O–H groups in total. The summed E-state index contributed by atoms with van der Waals surface area (Å²) >= 11 is 3.00. The molecule has 1 saturated heterocycles. The quantitative estimate of drug-likeness (QED) is 0.748. The molecule has 1 aliphatic rings. The van der Waals surface area contributed by atoms with E-state index in [0.717, 1.165) is 11.0 Å². The highest BCUT2D eigenvalue weighted by molar-refractivity contribution is 9.10. The Bertz CT molecular complexity index is 645. The first-order valence-electron chi connectivity index (χ1n) is 5.54. The Labute approximate surface area is 127 Å². The molecule has 9 heteroatoms. The van der Waals surface area contributed by atoms with Crippen LogP contribution in [0.3, 0.4) is 0 Å². The van der Waals surface area contributed by atoms with Crippen molar-refractivity contribution < 1.29 is 22.0 Å². The molecule has 1 amide bonds. The molecule has 0 bridgehead atoms. The molecule has 0 saturated carbocycles. The van der Waals surface area contributed by atoms with Crippen LogP contribution in [0.1, 0.15) is 6.42 Å². The monoisotopic (exact) mass is 387 g/mol. The summed E-state index contributed by atoms with van der Waals surface area (Å²) in [5.41, 5.74) is -0.0918. The summed E-state index contributed by atoms with van der Waals surface area (Å²) in [4.78, 5) is 13.0. The molecular weight excluding hydrogens is 380 g/mol. The van der Waals surface area contributed by atoms with E-state index in [1.165, 1.54) is 0 Å². The van der Waals surface area contributed by atoms with Crippen molar-refractivity contribution in [1.29, 1.82) is 0 Å². The fourth-order valence-electron chi connectivity index (χ4n) is 2.18. The van der Waals surface area contributed by atoms with E-state index in [0.29, 0.717) is 6.07 Å². The van der Waals surface area contributed by atoms with E-state index in [2.05, 4.69) is 15.9 Å². The molecule has 1 fully saturated rings. The molecule has 1 unspecified atom stereocenters. The molecule has 0 spiro atoms. The number of carbonyl (C=O) groups excluding carboxylic acids is 1. The average molecular weight is 389 g/mol. The van der Waals surface area contributed by atoms with Crippen LogP contribution in [0.4, 0.5) is 14.5 Å². The fourth-order valence-corrected chi connectivity index (χ4v) is 4.13. The van der Waals surface area contributed by atoms with E-state index in [1.807, 2.05) is 0 Å². The van der Waals surface area contributed by atoms with Crippen LogP contribution in [-0.4, -0.2) is 26.6 Å². The van der Waals surface area contributed by atoms with Crippen molar-refractivity contribution in [3.05, 3.63) is 28.2 Å². The van der Waals surface area contributed by atoms with Crippen LogP contribution in [0.2, 0.25) is 0 Å². The highest BCUT2D eigenvalue weighted by Crippen LogP contribution is 2.35. The Morgan fingerprint density at radius 1 is 1.40 bits per heavy atom. The standard InChI is InChI=1S/C11H9BrClF2NO3S/c12-8-2-7(14)3-9(15)11(8)16-4-6(1-10(16)17)5-20(13,18)19/h2-3,6H,1,4-5H2. The van der Waals surface area contributed by atoms with Gasteiger partial charge in [0, 0.05) is 40.1 Å². The van der Waals surface area contributed by atoms with Gasteiger partial charge < -0.3 is 4.90 Å². The minimum absolute atomic E-state index is 0.0198. The number of halogens is 4. The molecule has 2 rings (SSSR count). The minimum Gasteiger partial charge on any atom is -0.308 e. The molecular formula is C11H9BrClF2NO3S.